The first-order valence-electron chi connectivity index (χ1n) is 6.21. The van der Waals surface area contributed by atoms with Crippen LogP contribution in [-0.2, 0) is 16.1 Å². The lowest BCUT2D eigenvalue weighted by molar-refractivity contribution is -0.130. The summed E-state index contributed by atoms with van der Waals surface area (Å²) in [6.45, 7) is -0.0313. The molecule has 0 radical (unpaired) electrons. The van der Waals surface area contributed by atoms with Gasteiger partial charge in [-0.05, 0) is 46.3 Å². The van der Waals surface area contributed by atoms with E-state index < -0.39 is 17.8 Å². The second kappa shape index (κ2) is 5.90. The Morgan fingerprint density at radius 2 is 2.09 bits per heavy atom. The van der Waals surface area contributed by atoms with Crippen LogP contribution in [0.25, 0.3) is 6.08 Å². The van der Waals surface area contributed by atoms with Crippen LogP contribution in [0.5, 0.6) is 0 Å². The van der Waals surface area contributed by atoms with Gasteiger partial charge in [0, 0.05) is 4.88 Å². The van der Waals surface area contributed by atoms with Crippen molar-refractivity contribution in [2.75, 3.05) is 0 Å². The Hall–Kier alpha value is -2.19. The number of barbiturate groups is 1. The highest BCUT2D eigenvalue weighted by atomic mass is 79.9. The van der Waals surface area contributed by atoms with E-state index in [0.717, 1.165) is 13.6 Å². The van der Waals surface area contributed by atoms with Crippen LogP contribution >= 0.6 is 27.3 Å². The number of halogens is 1. The number of rotatable bonds is 3. The predicted octanol–water partition coefficient (Wildman–Crippen LogP) is 2.77. The standard InChI is InChI=1S/C14H9BrN2O4S/c15-11-4-3-9(22-11)6-10-12(18)16-14(20)17(13(10)19)7-8-2-1-5-21-8/h1-6H,7H2,(H,16,18,20)/b10-6+. The molecule has 2 aromatic heterocycles. The van der Waals surface area contributed by atoms with E-state index in [1.807, 2.05) is 6.07 Å². The Morgan fingerprint density at radius 3 is 2.73 bits per heavy atom. The summed E-state index contributed by atoms with van der Waals surface area (Å²) in [4.78, 5) is 37.8. The summed E-state index contributed by atoms with van der Waals surface area (Å²) >= 11 is 4.69. The number of hydrogen-bond donors (Lipinski definition) is 1. The summed E-state index contributed by atoms with van der Waals surface area (Å²) in [6.07, 6.45) is 2.92. The molecule has 112 valence electrons. The number of hydrogen-bond acceptors (Lipinski definition) is 5. The Bertz CT molecular complexity index is 779. The van der Waals surface area contributed by atoms with Crippen LogP contribution in [0, 0.1) is 0 Å². The number of furan rings is 1. The summed E-state index contributed by atoms with van der Waals surface area (Å²) in [5.41, 5.74) is -0.0829. The first-order chi connectivity index (χ1) is 10.5. The molecule has 8 heteroatoms. The molecule has 1 saturated heterocycles. The van der Waals surface area contributed by atoms with E-state index in [1.165, 1.54) is 23.7 Å². The largest absolute Gasteiger partial charge is 0.467 e. The Labute approximate surface area is 137 Å². The fraction of sp³-hybridized carbons (Fsp3) is 0.0714. The first kappa shape index (κ1) is 14.7. The van der Waals surface area contributed by atoms with Crippen molar-refractivity contribution in [1.29, 1.82) is 0 Å². The molecule has 3 heterocycles. The number of imide groups is 2. The minimum Gasteiger partial charge on any atom is -0.467 e. The van der Waals surface area contributed by atoms with Gasteiger partial charge in [-0.1, -0.05) is 0 Å². The lowest BCUT2D eigenvalue weighted by atomic mass is 10.1. The molecule has 3 rings (SSSR count). The van der Waals surface area contributed by atoms with Crippen LogP contribution < -0.4 is 5.32 Å². The van der Waals surface area contributed by atoms with Gasteiger partial charge in [0.15, 0.2) is 0 Å². The van der Waals surface area contributed by atoms with Crippen LogP contribution in [0.15, 0.2) is 44.3 Å². The van der Waals surface area contributed by atoms with Crippen molar-refractivity contribution in [1.82, 2.24) is 10.2 Å². The maximum Gasteiger partial charge on any atom is 0.331 e. The Morgan fingerprint density at radius 1 is 1.27 bits per heavy atom. The molecule has 22 heavy (non-hydrogen) atoms. The lowest BCUT2D eigenvalue weighted by Gasteiger charge is -2.25. The molecule has 0 atom stereocenters. The smallest absolute Gasteiger partial charge is 0.331 e. The average Bonchev–Trinajstić information content (AvgIpc) is 3.11. The van der Waals surface area contributed by atoms with E-state index in [-0.39, 0.29) is 12.1 Å². The third-order valence-corrected chi connectivity index (χ3v) is 4.53. The van der Waals surface area contributed by atoms with Gasteiger partial charge in [-0.2, -0.15) is 0 Å². The number of carbonyl (C=O) groups is 3. The molecule has 4 amide bonds. The number of nitrogens with zero attached hydrogens (tertiary/aromatic N) is 1. The van der Waals surface area contributed by atoms with Crippen molar-refractivity contribution < 1.29 is 18.8 Å². The minimum absolute atomic E-state index is 0.0313. The fourth-order valence-corrected chi connectivity index (χ4v) is 3.31. The highest BCUT2D eigenvalue weighted by Crippen LogP contribution is 2.25. The molecule has 1 aliphatic rings. The summed E-state index contributed by atoms with van der Waals surface area (Å²) < 4.78 is 6.02. The quantitative estimate of drug-likeness (QED) is 0.655. The van der Waals surface area contributed by atoms with Gasteiger partial charge in [0.25, 0.3) is 11.8 Å². The normalized spacial score (nSPS) is 17.2. The van der Waals surface area contributed by atoms with Gasteiger partial charge >= 0.3 is 6.03 Å². The van der Waals surface area contributed by atoms with Gasteiger partial charge in [-0.25, -0.2) is 4.79 Å². The highest BCUT2D eigenvalue weighted by Gasteiger charge is 2.36. The zero-order chi connectivity index (χ0) is 15.7. The summed E-state index contributed by atoms with van der Waals surface area (Å²) in [5.74, 6) is -0.888. The summed E-state index contributed by atoms with van der Waals surface area (Å²) in [7, 11) is 0. The highest BCUT2D eigenvalue weighted by molar-refractivity contribution is 9.11. The molecule has 6 nitrogen and oxygen atoms in total. The van der Waals surface area contributed by atoms with E-state index in [0.29, 0.717) is 5.76 Å². The average molecular weight is 381 g/mol. The van der Waals surface area contributed by atoms with Gasteiger partial charge in [-0.15, -0.1) is 11.3 Å². The molecule has 0 bridgehead atoms. The zero-order valence-corrected chi connectivity index (χ0v) is 13.4. The molecular weight excluding hydrogens is 372 g/mol. The van der Waals surface area contributed by atoms with E-state index >= 15 is 0 Å². The van der Waals surface area contributed by atoms with Crippen molar-refractivity contribution in [2.45, 2.75) is 6.54 Å². The second-order valence-corrected chi connectivity index (χ2v) is 6.92. The van der Waals surface area contributed by atoms with Crippen LogP contribution in [0.1, 0.15) is 10.6 Å². The molecule has 0 aliphatic carbocycles. The minimum atomic E-state index is -0.754. The van der Waals surface area contributed by atoms with E-state index in [9.17, 15) is 14.4 Å². The second-order valence-electron chi connectivity index (χ2n) is 4.43. The number of carbonyl (C=O) groups excluding carboxylic acids is 3. The van der Waals surface area contributed by atoms with E-state index in [4.69, 9.17) is 4.42 Å². The molecule has 0 aromatic carbocycles. The molecule has 2 aromatic rings. The SMILES string of the molecule is O=C1NC(=O)N(Cc2ccco2)C(=O)/C1=C/c1ccc(Br)s1. The molecule has 0 spiro atoms. The monoisotopic (exact) mass is 380 g/mol. The Balaban J connectivity index is 1.90. The summed E-state index contributed by atoms with van der Waals surface area (Å²) in [5, 5.41) is 2.16. The topological polar surface area (TPSA) is 79.6 Å². The summed E-state index contributed by atoms with van der Waals surface area (Å²) in [6, 6.07) is 6.14. The van der Waals surface area contributed by atoms with Gasteiger partial charge < -0.3 is 4.42 Å². The Kier molecular flexibility index (Phi) is 3.95. The number of urea groups is 1. The van der Waals surface area contributed by atoms with Gasteiger partial charge in [0.05, 0.1) is 16.6 Å². The molecule has 1 fully saturated rings. The van der Waals surface area contributed by atoms with Gasteiger partial charge in [0.2, 0.25) is 0 Å². The number of nitrogens with one attached hydrogen (secondary N) is 1. The fourth-order valence-electron chi connectivity index (χ4n) is 1.94. The van der Waals surface area contributed by atoms with E-state index in [1.54, 1.807) is 18.2 Å². The number of thiophene rings is 1. The maximum atomic E-state index is 12.4. The molecule has 1 N–H and O–H groups in total. The molecular formula is C14H9BrN2O4S. The van der Waals surface area contributed by atoms with Crippen LogP contribution in [0.3, 0.4) is 0 Å². The third-order valence-electron chi connectivity index (χ3n) is 2.96. The van der Waals surface area contributed by atoms with Gasteiger partial charge in [0.1, 0.15) is 11.3 Å². The van der Waals surface area contributed by atoms with Crippen molar-refractivity contribution in [3.05, 3.63) is 50.5 Å². The molecule has 0 unspecified atom stereocenters. The zero-order valence-electron chi connectivity index (χ0n) is 11.0. The van der Waals surface area contributed by atoms with Crippen LogP contribution in [0.4, 0.5) is 4.79 Å². The molecule has 0 saturated carbocycles. The van der Waals surface area contributed by atoms with Crippen LogP contribution in [-0.4, -0.2) is 22.7 Å². The van der Waals surface area contributed by atoms with Crippen molar-refractivity contribution >= 4 is 51.2 Å². The lowest BCUT2D eigenvalue weighted by Crippen LogP contribution is -2.53. The molecule has 1 aliphatic heterocycles. The number of amides is 4. The first-order valence-corrected chi connectivity index (χ1v) is 7.82. The van der Waals surface area contributed by atoms with Crippen molar-refractivity contribution in [2.24, 2.45) is 0 Å². The predicted molar refractivity (Wildman–Crippen MR) is 82.8 cm³/mol. The van der Waals surface area contributed by atoms with Gasteiger partial charge in [-0.3, -0.25) is 19.8 Å². The van der Waals surface area contributed by atoms with E-state index in [2.05, 4.69) is 21.2 Å². The van der Waals surface area contributed by atoms with Crippen LogP contribution in [0.2, 0.25) is 0 Å². The maximum absolute atomic E-state index is 12.4. The van der Waals surface area contributed by atoms with Crippen molar-refractivity contribution in [3.63, 3.8) is 0 Å². The van der Waals surface area contributed by atoms with Crippen molar-refractivity contribution in [3.8, 4) is 0 Å². The third kappa shape index (κ3) is 2.88.